The zero-order valence-electron chi connectivity index (χ0n) is 11.5. The zero-order chi connectivity index (χ0) is 14.4. The fourth-order valence-corrected chi connectivity index (χ4v) is 1.94. The van der Waals surface area contributed by atoms with E-state index in [1.165, 1.54) is 13.5 Å². The summed E-state index contributed by atoms with van der Waals surface area (Å²) in [5.41, 5.74) is 6.14. The summed E-state index contributed by atoms with van der Waals surface area (Å²) in [6.07, 6.45) is 3.31. The Bertz CT molecular complexity index is 547. The van der Waals surface area contributed by atoms with E-state index >= 15 is 0 Å². The van der Waals surface area contributed by atoms with Gasteiger partial charge < -0.3 is 15.6 Å². The summed E-state index contributed by atoms with van der Waals surface area (Å²) in [6.45, 7) is 0. The summed E-state index contributed by atoms with van der Waals surface area (Å²) >= 11 is 0. The maximum absolute atomic E-state index is 11.8. The van der Waals surface area contributed by atoms with Crippen LogP contribution >= 0.6 is 0 Å². The molecule has 0 atom stereocenters. The normalized spacial score (nSPS) is 13.9. The SMILES string of the molecule is CN.O=C(NC1CCC1)c1cc(-c2ccccc2)no1. The first-order valence-electron chi connectivity index (χ1n) is 6.73. The molecular weight excluding hydrogens is 254 g/mol. The molecule has 1 heterocycles. The van der Waals surface area contributed by atoms with E-state index in [4.69, 9.17) is 4.52 Å². The highest BCUT2D eigenvalue weighted by molar-refractivity contribution is 5.92. The molecule has 0 aliphatic heterocycles. The van der Waals surface area contributed by atoms with Gasteiger partial charge in [-0.3, -0.25) is 4.79 Å². The minimum Gasteiger partial charge on any atom is -0.350 e. The lowest BCUT2D eigenvalue weighted by atomic mass is 9.93. The quantitative estimate of drug-likeness (QED) is 0.898. The molecular formula is C15H19N3O2. The number of rotatable bonds is 3. The van der Waals surface area contributed by atoms with Gasteiger partial charge in [-0.05, 0) is 26.3 Å². The van der Waals surface area contributed by atoms with Crippen LogP contribution in [0, 0.1) is 0 Å². The Hall–Kier alpha value is -2.14. The molecule has 0 saturated heterocycles. The van der Waals surface area contributed by atoms with Gasteiger partial charge in [0.05, 0.1) is 0 Å². The number of amides is 1. The number of carbonyl (C=O) groups is 1. The third-order valence-corrected chi connectivity index (χ3v) is 3.24. The molecule has 20 heavy (non-hydrogen) atoms. The van der Waals surface area contributed by atoms with Crippen LogP contribution in [0.5, 0.6) is 0 Å². The Morgan fingerprint density at radius 2 is 2.00 bits per heavy atom. The molecule has 1 aromatic heterocycles. The topological polar surface area (TPSA) is 81.2 Å². The predicted molar refractivity (Wildman–Crippen MR) is 77.2 cm³/mol. The molecule has 0 bridgehead atoms. The first-order chi connectivity index (χ1) is 9.83. The third-order valence-electron chi connectivity index (χ3n) is 3.24. The standard InChI is InChI=1S/C14H14N2O2.CH5N/c17-14(15-11-7-4-8-11)13-9-12(16-18-13)10-5-2-1-3-6-10;1-2/h1-3,5-6,9,11H,4,7-8H2,(H,15,17);2H2,1H3. The van der Waals surface area contributed by atoms with Gasteiger partial charge in [-0.2, -0.15) is 0 Å². The number of aromatic nitrogens is 1. The van der Waals surface area contributed by atoms with Crippen molar-refractivity contribution in [1.82, 2.24) is 10.5 Å². The van der Waals surface area contributed by atoms with Crippen LogP contribution in [0.4, 0.5) is 0 Å². The van der Waals surface area contributed by atoms with E-state index in [-0.39, 0.29) is 11.7 Å². The van der Waals surface area contributed by atoms with E-state index < -0.39 is 0 Å². The largest absolute Gasteiger partial charge is 0.350 e. The van der Waals surface area contributed by atoms with Crippen molar-refractivity contribution in [2.24, 2.45) is 5.73 Å². The summed E-state index contributed by atoms with van der Waals surface area (Å²) < 4.78 is 5.09. The van der Waals surface area contributed by atoms with Gasteiger partial charge in [0.1, 0.15) is 5.69 Å². The number of nitrogens with zero attached hydrogens (tertiary/aromatic N) is 1. The van der Waals surface area contributed by atoms with E-state index in [0.29, 0.717) is 11.7 Å². The number of hydrogen-bond donors (Lipinski definition) is 2. The van der Waals surface area contributed by atoms with Gasteiger partial charge in [0.2, 0.25) is 5.76 Å². The molecule has 5 heteroatoms. The second-order valence-corrected chi connectivity index (χ2v) is 4.54. The summed E-state index contributed by atoms with van der Waals surface area (Å²) in [5.74, 6) is 0.107. The highest BCUT2D eigenvalue weighted by Gasteiger charge is 2.22. The van der Waals surface area contributed by atoms with E-state index in [1.807, 2.05) is 30.3 Å². The lowest BCUT2D eigenvalue weighted by molar-refractivity contribution is 0.0879. The number of nitrogens with one attached hydrogen (secondary N) is 1. The zero-order valence-corrected chi connectivity index (χ0v) is 11.5. The first kappa shape index (κ1) is 14.3. The van der Waals surface area contributed by atoms with Gasteiger partial charge in [0, 0.05) is 17.7 Å². The van der Waals surface area contributed by atoms with E-state index in [9.17, 15) is 4.79 Å². The van der Waals surface area contributed by atoms with Crippen LogP contribution in [0.15, 0.2) is 40.9 Å². The molecule has 1 amide bonds. The number of benzene rings is 1. The van der Waals surface area contributed by atoms with Gasteiger partial charge >= 0.3 is 0 Å². The smallest absolute Gasteiger partial charge is 0.290 e. The number of hydrogen-bond acceptors (Lipinski definition) is 4. The van der Waals surface area contributed by atoms with Crippen LogP contribution in [0.1, 0.15) is 29.8 Å². The second kappa shape index (κ2) is 6.86. The van der Waals surface area contributed by atoms with Crippen LogP contribution in [-0.4, -0.2) is 24.2 Å². The molecule has 1 aromatic carbocycles. The van der Waals surface area contributed by atoms with Gasteiger partial charge in [-0.25, -0.2) is 0 Å². The highest BCUT2D eigenvalue weighted by atomic mass is 16.5. The van der Waals surface area contributed by atoms with Crippen molar-refractivity contribution in [3.63, 3.8) is 0 Å². The van der Waals surface area contributed by atoms with Crippen molar-refractivity contribution in [3.05, 3.63) is 42.2 Å². The molecule has 1 aliphatic rings. The maximum Gasteiger partial charge on any atom is 0.290 e. The van der Waals surface area contributed by atoms with E-state index in [0.717, 1.165) is 18.4 Å². The van der Waals surface area contributed by atoms with E-state index in [1.54, 1.807) is 6.07 Å². The fraction of sp³-hybridized carbons (Fsp3) is 0.333. The fourth-order valence-electron chi connectivity index (χ4n) is 1.94. The van der Waals surface area contributed by atoms with Crippen LogP contribution in [-0.2, 0) is 0 Å². The average molecular weight is 273 g/mol. The molecule has 5 nitrogen and oxygen atoms in total. The predicted octanol–water partition coefficient (Wildman–Crippen LogP) is 2.20. The molecule has 1 aliphatic carbocycles. The van der Waals surface area contributed by atoms with Crippen LogP contribution < -0.4 is 11.1 Å². The minimum absolute atomic E-state index is 0.172. The number of nitrogens with two attached hydrogens (primary N) is 1. The van der Waals surface area contributed by atoms with Gasteiger partial charge in [0.15, 0.2) is 0 Å². The molecule has 0 radical (unpaired) electrons. The molecule has 1 saturated carbocycles. The number of carbonyl (C=O) groups excluding carboxylic acids is 1. The monoisotopic (exact) mass is 273 g/mol. The Kier molecular flexibility index (Phi) is 4.90. The van der Waals surface area contributed by atoms with Crippen LogP contribution in [0.3, 0.4) is 0 Å². The Morgan fingerprint density at radius 1 is 1.30 bits per heavy atom. The van der Waals surface area contributed by atoms with Crippen molar-refractivity contribution in [1.29, 1.82) is 0 Å². The van der Waals surface area contributed by atoms with E-state index in [2.05, 4.69) is 16.2 Å². The Labute approximate surface area is 118 Å². The first-order valence-corrected chi connectivity index (χ1v) is 6.73. The molecule has 106 valence electrons. The van der Waals surface area contributed by atoms with Crippen LogP contribution in [0.2, 0.25) is 0 Å². The molecule has 2 aromatic rings. The lowest BCUT2D eigenvalue weighted by Crippen LogP contribution is -2.39. The molecule has 1 fully saturated rings. The Balaban J connectivity index is 0.000000704. The van der Waals surface area contributed by atoms with Crippen molar-refractivity contribution in [2.45, 2.75) is 25.3 Å². The lowest BCUT2D eigenvalue weighted by Gasteiger charge is -2.25. The summed E-state index contributed by atoms with van der Waals surface area (Å²) in [5, 5.41) is 6.85. The highest BCUT2D eigenvalue weighted by Crippen LogP contribution is 2.21. The average Bonchev–Trinajstić information content (AvgIpc) is 2.96. The van der Waals surface area contributed by atoms with Gasteiger partial charge in [-0.1, -0.05) is 35.5 Å². The van der Waals surface area contributed by atoms with Crippen molar-refractivity contribution >= 4 is 5.91 Å². The van der Waals surface area contributed by atoms with Crippen LogP contribution in [0.25, 0.3) is 11.3 Å². The third kappa shape index (κ3) is 3.24. The summed E-state index contributed by atoms with van der Waals surface area (Å²) in [4.78, 5) is 11.8. The van der Waals surface area contributed by atoms with Crippen molar-refractivity contribution in [3.8, 4) is 11.3 Å². The second-order valence-electron chi connectivity index (χ2n) is 4.54. The van der Waals surface area contributed by atoms with Crippen molar-refractivity contribution in [2.75, 3.05) is 7.05 Å². The maximum atomic E-state index is 11.8. The van der Waals surface area contributed by atoms with Crippen molar-refractivity contribution < 1.29 is 9.32 Å². The van der Waals surface area contributed by atoms with Gasteiger partial charge in [-0.15, -0.1) is 0 Å². The summed E-state index contributed by atoms with van der Waals surface area (Å²) in [6, 6.07) is 11.7. The summed E-state index contributed by atoms with van der Waals surface area (Å²) in [7, 11) is 1.50. The minimum atomic E-state index is -0.172. The molecule has 0 unspecified atom stereocenters. The Morgan fingerprint density at radius 3 is 2.60 bits per heavy atom. The molecule has 3 N–H and O–H groups in total. The van der Waals surface area contributed by atoms with Gasteiger partial charge in [0.25, 0.3) is 5.91 Å². The molecule has 3 rings (SSSR count). The molecule has 0 spiro atoms.